The Labute approximate surface area is 93.8 Å². The van der Waals surface area contributed by atoms with Crippen LogP contribution in [0.3, 0.4) is 0 Å². The van der Waals surface area contributed by atoms with E-state index >= 15 is 0 Å². The highest BCUT2D eigenvalue weighted by atomic mass is 16.2. The van der Waals surface area contributed by atoms with E-state index in [2.05, 4.69) is 5.32 Å². The van der Waals surface area contributed by atoms with Crippen LogP contribution in [0.5, 0.6) is 0 Å². The van der Waals surface area contributed by atoms with E-state index in [0.717, 1.165) is 5.56 Å². The lowest BCUT2D eigenvalue weighted by Gasteiger charge is -2.24. The van der Waals surface area contributed by atoms with Crippen LogP contribution in [-0.2, 0) is 0 Å². The number of fused-ring (bicyclic) bond motifs is 1. The van der Waals surface area contributed by atoms with Gasteiger partial charge in [-0.15, -0.1) is 0 Å². The molecule has 4 nitrogen and oxygen atoms in total. The summed E-state index contributed by atoms with van der Waals surface area (Å²) in [7, 11) is 0. The topological polar surface area (TPSA) is 72.2 Å². The Morgan fingerprint density at radius 2 is 2.06 bits per heavy atom. The Morgan fingerprint density at radius 1 is 1.31 bits per heavy atom. The number of hydrogen-bond donors (Lipinski definition) is 2. The van der Waals surface area contributed by atoms with Gasteiger partial charge < -0.3 is 11.1 Å². The average molecular weight is 218 g/mol. The number of benzene rings is 1. The van der Waals surface area contributed by atoms with Crippen molar-refractivity contribution in [3.8, 4) is 0 Å². The molecule has 0 bridgehead atoms. The Bertz CT molecular complexity index is 454. The zero-order valence-electron chi connectivity index (χ0n) is 9.12. The summed E-state index contributed by atoms with van der Waals surface area (Å²) >= 11 is 0. The van der Waals surface area contributed by atoms with Gasteiger partial charge in [-0.25, -0.2) is 0 Å². The molecular weight excluding hydrogens is 204 g/mol. The van der Waals surface area contributed by atoms with E-state index < -0.39 is 6.04 Å². The van der Waals surface area contributed by atoms with Gasteiger partial charge in [-0.2, -0.15) is 0 Å². The Morgan fingerprint density at radius 3 is 2.75 bits per heavy atom. The predicted octanol–water partition coefficient (Wildman–Crippen LogP) is 0.639. The van der Waals surface area contributed by atoms with Crippen molar-refractivity contribution in [3.63, 3.8) is 0 Å². The summed E-state index contributed by atoms with van der Waals surface area (Å²) in [6.07, 6.45) is 0.484. The third kappa shape index (κ3) is 1.72. The molecule has 0 fully saturated rings. The van der Waals surface area contributed by atoms with Gasteiger partial charge in [0, 0.05) is 5.56 Å². The van der Waals surface area contributed by atoms with Gasteiger partial charge in [0.05, 0.1) is 11.6 Å². The lowest BCUT2D eigenvalue weighted by Crippen LogP contribution is -2.47. The molecule has 1 aliphatic heterocycles. The monoisotopic (exact) mass is 218 g/mol. The van der Waals surface area contributed by atoms with Crippen molar-refractivity contribution >= 4 is 11.7 Å². The number of Topliss-reactive ketones (excluding diaryl/α,β-unsaturated/α-hetero) is 1. The van der Waals surface area contributed by atoms with Crippen LogP contribution in [0.4, 0.5) is 0 Å². The molecular formula is C12H14N2O2. The molecule has 1 atom stereocenters. The Kier molecular flexibility index (Phi) is 2.75. The van der Waals surface area contributed by atoms with E-state index in [0.29, 0.717) is 24.1 Å². The number of hydrogen-bond acceptors (Lipinski definition) is 3. The fourth-order valence-electron chi connectivity index (χ4n) is 1.92. The van der Waals surface area contributed by atoms with Crippen molar-refractivity contribution in [2.24, 2.45) is 5.73 Å². The fourth-order valence-corrected chi connectivity index (χ4v) is 1.92. The van der Waals surface area contributed by atoms with Crippen LogP contribution in [0.1, 0.15) is 32.7 Å². The molecule has 0 aromatic heterocycles. The molecule has 16 heavy (non-hydrogen) atoms. The highest BCUT2D eigenvalue weighted by Crippen LogP contribution is 2.19. The van der Waals surface area contributed by atoms with Crippen LogP contribution < -0.4 is 11.1 Å². The van der Waals surface area contributed by atoms with Crippen LogP contribution in [-0.4, -0.2) is 24.3 Å². The minimum absolute atomic E-state index is 0.0416. The fraction of sp³-hybridized carbons (Fsp3) is 0.333. The zero-order chi connectivity index (χ0) is 11.7. The summed E-state index contributed by atoms with van der Waals surface area (Å²) in [6, 6.07) is 4.83. The highest BCUT2D eigenvalue weighted by molar-refractivity contribution is 6.15. The molecule has 1 heterocycles. The molecule has 3 N–H and O–H groups in total. The van der Waals surface area contributed by atoms with E-state index in [1.807, 2.05) is 13.0 Å². The van der Waals surface area contributed by atoms with Crippen LogP contribution in [0, 0.1) is 6.92 Å². The third-order valence-corrected chi connectivity index (χ3v) is 2.76. The smallest absolute Gasteiger partial charge is 0.252 e. The zero-order valence-corrected chi connectivity index (χ0v) is 9.12. The van der Waals surface area contributed by atoms with E-state index in [4.69, 9.17) is 5.73 Å². The molecule has 1 aromatic rings. The van der Waals surface area contributed by atoms with E-state index in [-0.39, 0.29) is 11.7 Å². The summed E-state index contributed by atoms with van der Waals surface area (Å²) in [5.74, 6) is -0.225. The molecule has 0 unspecified atom stereocenters. The van der Waals surface area contributed by atoms with Crippen molar-refractivity contribution in [3.05, 3.63) is 34.9 Å². The number of ketones is 1. The van der Waals surface area contributed by atoms with Gasteiger partial charge in [-0.3, -0.25) is 9.59 Å². The quantitative estimate of drug-likeness (QED) is 0.765. The van der Waals surface area contributed by atoms with Gasteiger partial charge in [-0.1, -0.05) is 17.7 Å². The molecule has 0 aliphatic carbocycles. The summed E-state index contributed by atoms with van der Waals surface area (Å²) in [6.45, 7) is 2.28. The van der Waals surface area contributed by atoms with Crippen molar-refractivity contribution in [2.75, 3.05) is 6.54 Å². The normalized spacial score (nSPS) is 19.2. The number of carbonyl (C=O) groups excluding carboxylic acids is 2. The first kappa shape index (κ1) is 10.8. The first-order valence-corrected chi connectivity index (χ1v) is 5.29. The Hall–Kier alpha value is -1.68. The summed E-state index contributed by atoms with van der Waals surface area (Å²) in [4.78, 5) is 23.8. The van der Waals surface area contributed by atoms with Crippen molar-refractivity contribution < 1.29 is 9.59 Å². The average Bonchev–Trinajstić information content (AvgIpc) is 2.26. The molecule has 1 aromatic carbocycles. The SMILES string of the molecule is Cc1ccc2c(c1)C(=O)N[C@@H](CCN)C2=O. The lowest BCUT2D eigenvalue weighted by molar-refractivity contribution is 0.0824. The van der Waals surface area contributed by atoms with Crippen LogP contribution in [0.15, 0.2) is 18.2 Å². The molecule has 0 saturated carbocycles. The van der Waals surface area contributed by atoms with Gasteiger partial charge in [0.1, 0.15) is 0 Å². The van der Waals surface area contributed by atoms with E-state index in [1.54, 1.807) is 12.1 Å². The number of rotatable bonds is 2. The number of aryl methyl sites for hydroxylation is 1. The van der Waals surface area contributed by atoms with Gasteiger partial charge >= 0.3 is 0 Å². The summed E-state index contributed by atoms with van der Waals surface area (Å²) in [5, 5.41) is 2.68. The minimum Gasteiger partial charge on any atom is -0.342 e. The standard InChI is InChI=1S/C12H14N2O2/c1-7-2-3-8-9(6-7)12(16)14-10(4-5-13)11(8)15/h2-3,6,10H,4-5,13H2,1H3,(H,14,16)/t10-/m0/s1. The van der Waals surface area contributed by atoms with Crippen molar-refractivity contribution in [2.45, 2.75) is 19.4 Å². The number of nitrogens with two attached hydrogens (primary N) is 1. The second-order valence-corrected chi connectivity index (χ2v) is 4.02. The van der Waals surface area contributed by atoms with Gasteiger partial charge in [0.25, 0.3) is 5.91 Å². The molecule has 4 heteroatoms. The van der Waals surface area contributed by atoms with E-state index in [1.165, 1.54) is 0 Å². The second kappa shape index (κ2) is 4.06. The van der Waals surface area contributed by atoms with Gasteiger partial charge in [0.15, 0.2) is 5.78 Å². The summed E-state index contributed by atoms with van der Waals surface area (Å²) in [5.41, 5.74) is 7.36. The number of carbonyl (C=O) groups is 2. The predicted molar refractivity (Wildman–Crippen MR) is 60.4 cm³/mol. The number of nitrogens with one attached hydrogen (secondary N) is 1. The minimum atomic E-state index is -0.465. The van der Waals surface area contributed by atoms with Gasteiger partial charge in [-0.05, 0) is 26.0 Å². The largest absolute Gasteiger partial charge is 0.342 e. The molecule has 0 radical (unpaired) electrons. The summed E-state index contributed by atoms with van der Waals surface area (Å²) < 4.78 is 0. The molecule has 2 rings (SSSR count). The first-order chi connectivity index (χ1) is 7.63. The molecule has 1 aliphatic rings. The number of amides is 1. The maximum absolute atomic E-state index is 12.0. The van der Waals surface area contributed by atoms with Crippen LogP contribution in [0.2, 0.25) is 0 Å². The molecule has 1 amide bonds. The molecule has 0 saturated heterocycles. The van der Waals surface area contributed by atoms with Crippen LogP contribution >= 0.6 is 0 Å². The second-order valence-electron chi connectivity index (χ2n) is 4.02. The van der Waals surface area contributed by atoms with Crippen molar-refractivity contribution in [1.29, 1.82) is 0 Å². The lowest BCUT2D eigenvalue weighted by atomic mass is 9.91. The Balaban J connectivity index is 2.43. The third-order valence-electron chi connectivity index (χ3n) is 2.76. The van der Waals surface area contributed by atoms with Gasteiger partial charge in [0.2, 0.25) is 0 Å². The first-order valence-electron chi connectivity index (χ1n) is 5.29. The maximum atomic E-state index is 12.0. The van der Waals surface area contributed by atoms with Crippen molar-refractivity contribution in [1.82, 2.24) is 5.32 Å². The van der Waals surface area contributed by atoms with E-state index in [9.17, 15) is 9.59 Å². The van der Waals surface area contributed by atoms with Crippen LogP contribution in [0.25, 0.3) is 0 Å². The molecule has 84 valence electrons. The highest BCUT2D eigenvalue weighted by Gasteiger charge is 2.30. The maximum Gasteiger partial charge on any atom is 0.252 e. The molecule has 0 spiro atoms.